The van der Waals surface area contributed by atoms with Crippen molar-refractivity contribution in [3.63, 3.8) is 0 Å². The maximum atomic E-state index is 12.6. The summed E-state index contributed by atoms with van der Waals surface area (Å²) in [5, 5.41) is 22.1. The van der Waals surface area contributed by atoms with Gasteiger partial charge in [-0.2, -0.15) is 15.3 Å². The Morgan fingerprint density at radius 2 is 2.21 bits per heavy atom. The molecule has 1 saturated heterocycles. The summed E-state index contributed by atoms with van der Waals surface area (Å²) in [5.41, 5.74) is 0.812. The minimum Gasteiger partial charge on any atom is -0.368 e. The van der Waals surface area contributed by atoms with Crippen molar-refractivity contribution < 1.29 is 4.79 Å². The Kier molecular flexibility index (Phi) is 6.84. The molecule has 0 bridgehead atoms. The second-order valence-electron chi connectivity index (χ2n) is 7.01. The van der Waals surface area contributed by atoms with Crippen LogP contribution in [0.4, 0.5) is 22.2 Å². The number of nitrogens with one attached hydrogen (secondary N) is 3. The summed E-state index contributed by atoms with van der Waals surface area (Å²) in [7, 11) is 1.84. The van der Waals surface area contributed by atoms with Crippen LogP contribution in [0.2, 0.25) is 0 Å². The summed E-state index contributed by atoms with van der Waals surface area (Å²) in [4.78, 5) is 23.2. The average Bonchev–Trinajstić information content (AvgIpc) is 3.32. The summed E-state index contributed by atoms with van der Waals surface area (Å²) < 4.78 is 1.70. The van der Waals surface area contributed by atoms with Crippen LogP contribution < -0.4 is 16.0 Å². The van der Waals surface area contributed by atoms with Gasteiger partial charge in [0.2, 0.25) is 5.95 Å². The first-order chi connectivity index (χ1) is 14.1. The molecule has 0 aliphatic carbocycles. The van der Waals surface area contributed by atoms with Crippen molar-refractivity contribution in [1.82, 2.24) is 30.0 Å². The molecule has 3 N–H and O–H groups in total. The standard InChI is InChI=1S/C19H27N9O/c1-3-15-5-6-16(28(15)19(29)22-9-4-8-20)12-23-17-7-10-21-18(26-17)25-14-11-24-27(2)13-14/h7,10-11,13,15-16H,3-6,9,12H2,1-2H3,(H,22,29)(H2,21,23,25,26)/t15?,16-/m1/s1. The van der Waals surface area contributed by atoms with Crippen LogP contribution in [0, 0.1) is 11.3 Å². The molecule has 3 heterocycles. The number of carbonyl (C=O) groups excluding carboxylic acids is 1. The van der Waals surface area contributed by atoms with Gasteiger partial charge < -0.3 is 20.9 Å². The number of nitriles is 1. The molecule has 0 radical (unpaired) electrons. The molecule has 2 atom stereocenters. The van der Waals surface area contributed by atoms with Crippen LogP contribution >= 0.6 is 0 Å². The number of amides is 2. The number of nitrogens with zero attached hydrogens (tertiary/aromatic N) is 6. The highest BCUT2D eigenvalue weighted by atomic mass is 16.2. The summed E-state index contributed by atoms with van der Waals surface area (Å²) in [6.45, 7) is 3.07. The predicted octanol–water partition coefficient (Wildman–Crippen LogP) is 2.23. The van der Waals surface area contributed by atoms with Gasteiger partial charge >= 0.3 is 6.03 Å². The van der Waals surface area contributed by atoms with E-state index in [4.69, 9.17) is 5.26 Å². The molecule has 2 amide bonds. The Hall–Kier alpha value is -3.35. The number of rotatable bonds is 8. The van der Waals surface area contributed by atoms with Crippen molar-refractivity contribution >= 4 is 23.5 Å². The fraction of sp³-hybridized carbons (Fsp3) is 0.526. The van der Waals surface area contributed by atoms with Gasteiger partial charge in [0, 0.05) is 38.6 Å². The van der Waals surface area contributed by atoms with Gasteiger partial charge in [-0.25, -0.2) is 9.78 Å². The maximum absolute atomic E-state index is 12.6. The molecular formula is C19H27N9O. The molecule has 0 aromatic carbocycles. The molecule has 1 aliphatic rings. The van der Waals surface area contributed by atoms with Crippen molar-refractivity contribution in [2.75, 3.05) is 23.7 Å². The zero-order valence-corrected chi connectivity index (χ0v) is 16.8. The minimum atomic E-state index is -0.0991. The molecule has 10 nitrogen and oxygen atoms in total. The highest BCUT2D eigenvalue weighted by Gasteiger charge is 2.35. The number of likely N-dealkylation sites (tertiary alicyclic amines) is 1. The van der Waals surface area contributed by atoms with Crippen molar-refractivity contribution in [3.05, 3.63) is 24.7 Å². The monoisotopic (exact) mass is 397 g/mol. The second kappa shape index (κ2) is 9.73. The molecular weight excluding hydrogens is 370 g/mol. The number of urea groups is 1. The summed E-state index contributed by atoms with van der Waals surface area (Å²) in [5.74, 6) is 1.17. The molecule has 2 aromatic rings. The Bertz CT molecular complexity index is 859. The molecule has 10 heteroatoms. The van der Waals surface area contributed by atoms with E-state index in [0.717, 1.165) is 24.9 Å². The lowest BCUT2D eigenvalue weighted by Crippen LogP contribution is -2.49. The van der Waals surface area contributed by atoms with E-state index in [1.807, 2.05) is 24.2 Å². The third-order valence-corrected chi connectivity index (χ3v) is 4.97. The van der Waals surface area contributed by atoms with Crippen molar-refractivity contribution in [3.8, 4) is 6.07 Å². The number of aryl methyl sites for hydroxylation is 1. The smallest absolute Gasteiger partial charge is 0.317 e. The number of anilines is 3. The normalized spacial score (nSPS) is 18.3. The van der Waals surface area contributed by atoms with Crippen molar-refractivity contribution in [2.45, 2.75) is 44.7 Å². The van der Waals surface area contributed by atoms with Crippen LogP contribution in [0.3, 0.4) is 0 Å². The van der Waals surface area contributed by atoms with Crippen LogP contribution in [-0.2, 0) is 7.05 Å². The Morgan fingerprint density at radius 3 is 2.93 bits per heavy atom. The van der Waals surface area contributed by atoms with E-state index in [1.54, 1.807) is 23.1 Å². The minimum absolute atomic E-state index is 0.0757. The first kappa shape index (κ1) is 20.4. The Labute approximate surface area is 170 Å². The SMILES string of the molecule is CCC1CC[C@H](CNc2ccnc(Nc3cnn(C)c3)n2)N1C(=O)NCCC#N. The van der Waals surface area contributed by atoms with E-state index in [-0.39, 0.29) is 18.1 Å². The summed E-state index contributed by atoms with van der Waals surface area (Å²) >= 11 is 0. The third kappa shape index (κ3) is 5.34. The molecule has 154 valence electrons. The lowest BCUT2D eigenvalue weighted by atomic mass is 10.1. The predicted molar refractivity (Wildman–Crippen MR) is 110 cm³/mol. The van der Waals surface area contributed by atoms with E-state index in [0.29, 0.717) is 31.3 Å². The largest absolute Gasteiger partial charge is 0.368 e. The Balaban J connectivity index is 1.59. The van der Waals surface area contributed by atoms with Gasteiger partial charge in [0.1, 0.15) is 5.82 Å². The average molecular weight is 397 g/mol. The summed E-state index contributed by atoms with van der Waals surface area (Å²) in [6.07, 6.45) is 8.37. The van der Waals surface area contributed by atoms with Gasteiger partial charge in [0.25, 0.3) is 0 Å². The van der Waals surface area contributed by atoms with E-state index < -0.39 is 0 Å². The molecule has 1 fully saturated rings. The quantitative estimate of drug-likeness (QED) is 0.584. The van der Waals surface area contributed by atoms with Crippen LogP contribution in [0.1, 0.15) is 32.6 Å². The van der Waals surface area contributed by atoms with Gasteiger partial charge in [-0.1, -0.05) is 6.92 Å². The zero-order chi connectivity index (χ0) is 20.6. The van der Waals surface area contributed by atoms with Gasteiger partial charge in [-0.15, -0.1) is 0 Å². The lowest BCUT2D eigenvalue weighted by Gasteiger charge is -2.30. The molecule has 1 unspecified atom stereocenters. The highest BCUT2D eigenvalue weighted by Crippen LogP contribution is 2.26. The Morgan fingerprint density at radius 1 is 1.38 bits per heavy atom. The number of hydrogen-bond donors (Lipinski definition) is 3. The topological polar surface area (TPSA) is 124 Å². The fourth-order valence-electron chi connectivity index (χ4n) is 3.57. The molecule has 3 rings (SSSR count). The van der Waals surface area contributed by atoms with Gasteiger partial charge in [0.15, 0.2) is 0 Å². The van der Waals surface area contributed by atoms with E-state index >= 15 is 0 Å². The van der Waals surface area contributed by atoms with Crippen LogP contribution in [0.25, 0.3) is 0 Å². The zero-order valence-electron chi connectivity index (χ0n) is 16.8. The molecule has 0 spiro atoms. The highest BCUT2D eigenvalue weighted by molar-refractivity contribution is 5.75. The maximum Gasteiger partial charge on any atom is 0.317 e. The first-order valence-electron chi connectivity index (χ1n) is 9.86. The summed E-state index contributed by atoms with van der Waals surface area (Å²) in [6, 6.07) is 4.05. The molecule has 2 aromatic heterocycles. The van der Waals surface area contributed by atoms with E-state index in [2.05, 4.69) is 37.9 Å². The fourth-order valence-corrected chi connectivity index (χ4v) is 3.57. The number of aromatic nitrogens is 4. The van der Waals surface area contributed by atoms with E-state index in [1.165, 1.54) is 0 Å². The number of hydrogen-bond acceptors (Lipinski definition) is 7. The molecule has 1 aliphatic heterocycles. The number of carbonyl (C=O) groups is 1. The second-order valence-corrected chi connectivity index (χ2v) is 7.01. The van der Waals surface area contributed by atoms with E-state index in [9.17, 15) is 4.79 Å². The van der Waals surface area contributed by atoms with Gasteiger partial charge in [0.05, 0.1) is 30.4 Å². The van der Waals surface area contributed by atoms with Gasteiger partial charge in [-0.05, 0) is 25.3 Å². The first-order valence-corrected chi connectivity index (χ1v) is 9.86. The molecule has 0 saturated carbocycles. The van der Waals surface area contributed by atoms with Crippen molar-refractivity contribution in [2.24, 2.45) is 7.05 Å². The van der Waals surface area contributed by atoms with Crippen LogP contribution in [-0.4, -0.2) is 55.9 Å². The third-order valence-electron chi connectivity index (χ3n) is 4.97. The van der Waals surface area contributed by atoms with Crippen molar-refractivity contribution in [1.29, 1.82) is 5.26 Å². The van der Waals surface area contributed by atoms with Crippen LogP contribution in [0.15, 0.2) is 24.7 Å². The molecule has 29 heavy (non-hydrogen) atoms. The van der Waals surface area contributed by atoms with Crippen LogP contribution in [0.5, 0.6) is 0 Å². The van der Waals surface area contributed by atoms with Gasteiger partial charge in [-0.3, -0.25) is 4.68 Å². The lowest BCUT2D eigenvalue weighted by molar-refractivity contribution is 0.173.